The summed E-state index contributed by atoms with van der Waals surface area (Å²) in [5.74, 6) is 0.380. The van der Waals surface area contributed by atoms with Gasteiger partial charge in [0.15, 0.2) is 0 Å². The largest absolute Gasteiger partial charge is 0.369 e. The minimum absolute atomic E-state index is 0.380. The Morgan fingerprint density at radius 3 is 2.53 bits per heavy atom. The Bertz CT molecular complexity index is 405. The van der Waals surface area contributed by atoms with Crippen LogP contribution in [0, 0.1) is 17.2 Å². The Hall–Kier alpha value is -1.53. The topological polar surface area (TPSA) is 53.0 Å². The fourth-order valence-electron chi connectivity index (χ4n) is 2.19. The first-order chi connectivity index (χ1) is 8.19. The lowest BCUT2D eigenvalue weighted by Crippen LogP contribution is -2.51. The minimum atomic E-state index is -0.689. The molecule has 0 spiro atoms. The summed E-state index contributed by atoms with van der Waals surface area (Å²) in [6.07, 6.45) is 2.19. The van der Waals surface area contributed by atoms with Gasteiger partial charge in [-0.3, -0.25) is 0 Å². The molecule has 0 bridgehead atoms. The van der Waals surface area contributed by atoms with Crippen LogP contribution >= 0.6 is 0 Å². The van der Waals surface area contributed by atoms with E-state index in [9.17, 15) is 5.26 Å². The van der Waals surface area contributed by atoms with E-state index in [0.29, 0.717) is 12.5 Å². The smallest absolute Gasteiger partial charge is 0.124 e. The molecule has 0 radical (unpaired) electrons. The molecule has 1 aliphatic carbocycles. The van der Waals surface area contributed by atoms with Gasteiger partial charge in [-0.1, -0.05) is 18.2 Å². The number of likely N-dealkylation sites (N-methyl/N-ethyl adjacent to an activating group) is 1. The molecule has 3 nitrogen and oxygen atoms in total. The van der Waals surface area contributed by atoms with Crippen LogP contribution in [0.5, 0.6) is 0 Å². The van der Waals surface area contributed by atoms with E-state index in [1.807, 2.05) is 18.2 Å². The van der Waals surface area contributed by atoms with Crippen molar-refractivity contribution in [2.24, 2.45) is 11.7 Å². The third-order valence-electron chi connectivity index (χ3n) is 3.47. The number of nitriles is 1. The monoisotopic (exact) mass is 229 g/mol. The van der Waals surface area contributed by atoms with E-state index >= 15 is 0 Å². The lowest BCUT2D eigenvalue weighted by Gasteiger charge is -2.31. The van der Waals surface area contributed by atoms with E-state index in [1.165, 1.54) is 0 Å². The van der Waals surface area contributed by atoms with Gasteiger partial charge in [0.25, 0.3) is 0 Å². The summed E-state index contributed by atoms with van der Waals surface area (Å²) in [6, 6.07) is 12.5. The van der Waals surface area contributed by atoms with Crippen LogP contribution in [0.25, 0.3) is 0 Å². The van der Waals surface area contributed by atoms with E-state index in [2.05, 4.69) is 30.0 Å². The summed E-state index contributed by atoms with van der Waals surface area (Å²) in [7, 11) is 0. The number of hydrogen-bond donors (Lipinski definition) is 1. The zero-order valence-electron chi connectivity index (χ0n) is 10.3. The number of para-hydroxylation sites is 1. The van der Waals surface area contributed by atoms with Gasteiger partial charge in [0, 0.05) is 18.8 Å². The summed E-state index contributed by atoms with van der Waals surface area (Å²) in [5.41, 5.74) is 6.66. The van der Waals surface area contributed by atoms with Gasteiger partial charge in [0.1, 0.15) is 5.54 Å². The van der Waals surface area contributed by atoms with Crippen LogP contribution < -0.4 is 10.6 Å². The van der Waals surface area contributed by atoms with Crippen molar-refractivity contribution in [1.82, 2.24) is 0 Å². The van der Waals surface area contributed by atoms with Crippen LogP contribution in [-0.2, 0) is 0 Å². The highest BCUT2D eigenvalue weighted by Crippen LogP contribution is 2.38. The number of rotatable bonds is 5. The zero-order chi connectivity index (χ0) is 12.3. The van der Waals surface area contributed by atoms with Gasteiger partial charge in [0.2, 0.25) is 0 Å². The molecule has 0 saturated heterocycles. The Morgan fingerprint density at radius 1 is 1.41 bits per heavy atom. The summed E-state index contributed by atoms with van der Waals surface area (Å²) < 4.78 is 0. The van der Waals surface area contributed by atoms with Crippen LogP contribution in [0.1, 0.15) is 19.8 Å². The fourth-order valence-corrected chi connectivity index (χ4v) is 2.19. The van der Waals surface area contributed by atoms with Crippen molar-refractivity contribution in [3.63, 3.8) is 0 Å². The lowest BCUT2D eigenvalue weighted by molar-refractivity contribution is 0.469. The van der Waals surface area contributed by atoms with Crippen molar-refractivity contribution in [3.05, 3.63) is 30.3 Å². The van der Waals surface area contributed by atoms with E-state index in [4.69, 9.17) is 5.73 Å². The minimum Gasteiger partial charge on any atom is -0.369 e. The number of anilines is 1. The van der Waals surface area contributed by atoms with Crippen molar-refractivity contribution in [1.29, 1.82) is 5.26 Å². The Labute approximate surface area is 103 Å². The summed E-state index contributed by atoms with van der Waals surface area (Å²) >= 11 is 0. The maximum atomic E-state index is 9.29. The first-order valence-electron chi connectivity index (χ1n) is 6.19. The average molecular weight is 229 g/mol. The molecule has 17 heavy (non-hydrogen) atoms. The predicted molar refractivity (Wildman–Crippen MR) is 69.6 cm³/mol. The molecule has 1 fully saturated rings. The highest BCUT2D eigenvalue weighted by Gasteiger charge is 2.43. The third-order valence-corrected chi connectivity index (χ3v) is 3.47. The third kappa shape index (κ3) is 2.59. The van der Waals surface area contributed by atoms with Crippen LogP contribution in [0.3, 0.4) is 0 Å². The molecular weight excluding hydrogens is 210 g/mol. The molecule has 3 heteroatoms. The number of nitrogens with zero attached hydrogens (tertiary/aromatic N) is 2. The second-order valence-corrected chi connectivity index (χ2v) is 4.78. The Morgan fingerprint density at radius 2 is 2.06 bits per heavy atom. The lowest BCUT2D eigenvalue weighted by atomic mass is 9.95. The van der Waals surface area contributed by atoms with Crippen LogP contribution in [0.2, 0.25) is 0 Å². The second kappa shape index (κ2) is 4.77. The molecule has 1 aromatic rings. The van der Waals surface area contributed by atoms with Gasteiger partial charge in [-0.2, -0.15) is 5.26 Å². The number of benzene rings is 1. The number of hydrogen-bond acceptors (Lipinski definition) is 3. The van der Waals surface area contributed by atoms with Crippen molar-refractivity contribution in [2.45, 2.75) is 25.3 Å². The molecule has 0 amide bonds. The van der Waals surface area contributed by atoms with Gasteiger partial charge in [0.05, 0.1) is 6.07 Å². The summed E-state index contributed by atoms with van der Waals surface area (Å²) in [5, 5.41) is 9.29. The molecule has 1 saturated carbocycles. The molecule has 1 aliphatic rings. The first kappa shape index (κ1) is 11.9. The van der Waals surface area contributed by atoms with Gasteiger partial charge >= 0.3 is 0 Å². The fraction of sp³-hybridized carbons (Fsp3) is 0.500. The molecule has 90 valence electrons. The second-order valence-electron chi connectivity index (χ2n) is 4.78. The Balaban J connectivity index is 2.12. The van der Waals surface area contributed by atoms with Crippen LogP contribution in [-0.4, -0.2) is 18.6 Å². The standard InChI is InChI=1S/C14H19N3/c1-2-17(13-6-4-3-5-7-13)11-14(16,10-15)12-8-9-12/h3-7,12H,2,8-9,11,16H2,1H3. The molecule has 1 atom stereocenters. The molecule has 1 aromatic carbocycles. The zero-order valence-corrected chi connectivity index (χ0v) is 10.3. The van der Waals surface area contributed by atoms with E-state index < -0.39 is 5.54 Å². The van der Waals surface area contributed by atoms with Crippen molar-refractivity contribution in [3.8, 4) is 6.07 Å². The van der Waals surface area contributed by atoms with Crippen molar-refractivity contribution in [2.75, 3.05) is 18.0 Å². The van der Waals surface area contributed by atoms with Gasteiger partial charge in [-0.15, -0.1) is 0 Å². The molecule has 1 unspecified atom stereocenters. The molecule has 2 rings (SSSR count). The molecule has 0 aliphatic heterocycles. The van der Waals surface area contributed by atoms with Crippen molar-refractivity contribution < 1.29 is 0 Å². The van der Waals surface area contributed by atoms with E-state index in [0.717, 1.165) is 25.1 Å². The predicted octanol–water partition coefficient (Wildman–Crippen LogP) is 2.14. The molecular formula is C14H19N3. The van der Waals surface area contributed by atoms with Gasteiger partial charge in [-0.05, 0) is 37.8 Å². The maximum absolute atomic E-state index is 9.29. The summed E-state index contributed by atoms with van der Waals surface area (Å²) in [4.78, 5) is 2.18. The van der Waals surface area contributed by atoms with Crippen LogP contribution in [0.4, 0.5) is 5.69 Å². The highest BCUT2D eigenvalue weighted by molar-refractivity contribution is 5.47. The highest BCUT2D eigenvalue weighted by atomic mass is 15.1. The first-order valence-corrected chi connectivity index (χ1v) is 6.19. The average Bonchev–Trinajstić information content (AvgIpc) is 3.21. The summed E-state index contributed by atoms with van der Waals surface area (Å²) in [6.45, 7) is 3.59. The van der Waals surface area contributed by atoms with E-state index in [1.54, 1.807) is 0 Å². The molecule has 0 heterocycles. The van der Waals surface area contributed by atoms with E-state index in [-0.39, 0.29) is 0 Å². The van der Waals surface area contributed by atoms with Gasteiger partial charge < -0.3 is 10.6 Å². The normalized spacial score (nSPS) is 18.2. The molecule has 2 N–H and O–H groups in total. The Kier molecular flexibility index (Phi) is 3.35. The number of nitrogens with two attached hydrogens (primary N) is 1. The van der Waals surface area contributed by atoms with Gasteiger partial charge in [-0.25, -0.2) is 0 Å². The maximum Gasteiger partial charge on any atom is 0.124 e. The van der Waals surface area contributed by atoms with Crippen molar-refractivity contribution >= 4 is 5.69 Å². The van der Waals surface area contributed by atoms with Crippen LogP contribution in [0.15, 0.2) is 30.3 Å². The molecule has 0 aromatic heterocycles. The SMILES string of the molecule is CCN(CC(N)(C#N)C1CC1)c1ccccc1. The quantitative estimate of drug-likeness (QED) is 0.841.